The molecule has 0 atom stereocenters. The molecule has 0 fully saturated rings. The van der Waals surface area contributed by atoms with E-state index < -0.39 is 7.26 Å². The zero-order valence-corrected chi connectivity index (χ0v) is 30.2. The van der Waals surface area contributed by atoms with Crippen molar-refractivity contribution in [2.75, 3.05) is 24.6 Å². The quantitative estimate of drug-likeness (QED) is 0.0515. The zero-order valence-electron chi connectivity index (χ0n) is 29.2. The van der Waals surface area contributed by atoms with Crippen molar-refractivity contribution < 1.29 is 0 Å². The molecule has 0 nitrogen and oxygen atoms in total. The van der Waals surface area contributed by atoms with E-state index in [1.165, 1.54) is 173 Å². The molecule has 0 aromatic carbocycles. The van der Waals surface area contributed by atoms with Crippen LogP contribution >= 0.6 is 7.26 Å². The van der Waals surface area contributed by atoms with Gasteiger partial charge < -0.3 is 0 Å². The number of hydrogen-bond donors (Lipinski definition) is 0. The molecule has 0 amide bonds. The second-order valence-electron chi connectivity index (χ2n) is 14.0. The molecule has 0 aliphatic heterocycles. The summed E-state index contributed by atoms with van der Waals surface area (Å²) in [6, 6.07) is 0. The maximum atomic E-state index is 2.39. The summed E-state index contributed by atoms with van der Waals surface area (Å²) in [6.45, 7) is 9.39. The van der Waals surface area contributed by atoms with E-state index in [2.05, 4.69) is 27.7 Å². The summed E-state index contributed by atoms with van der Waals surface area (Å²) in [7, 11) is -1.10. The van der Waals surface area contributed by atoms with Crippen LogP contribution in [0.5, 0.6) is 0 Å². The van der Waals surface area contributed by atoms with Crippen molar-refractivity contribution in [1.82, 2.24) is 0 Å². The van der Waals surface area contributed by atoms with Crippen LogP contribution in [0, 0.1) is 0 Å². The van der Waals surface area contributed by atoms with E-state index in [1.807, 2.05) is 0 Å². The van der Waals surface area contributed by atoms with E-state index >= 15 is 0 Å². The monoisotopic (exact) mass is 583 g/mol. The van der Waals surface area contributed by atoms with Crippen LogP contribution in [0.15, 0.2) is 0 Å². The van der Waals surface area contributed by atoms with Crippen molar-refractivity contribution in [3.05, 3.63) is 0 Å². The van der Waals surface area contributed by atoms with Gasteiger partial charge in [-0.25, -0.2) is 0 Å². The Morgan fingerprint density at radius 1 is 0.200 bits per heavy atom. The van der Waals surface area contributed by atoms with Crippen molar-refractivity contribution in [1.29, 1.82) is 0 Å². The number of unbranched alkanes of at least 4 members (excludes halogenated alkanes) is 27. The minimum absolute atomic E-state index is 1.10. The summed E-state index contributed by atoms with van der Waals surface area (Å²) >= 11 is 0. The predicted molar refractivity (Wildman–Crippen MR) is 194 cm³/mol. The Bertz CT molecular complexity index is 389. The Hall–Kier alpha value is 0.430. The Labute approximate surface area is 258 Å². The van der Waals surface area contributed by atoms with E-state index in [1.54, 1.807) is 50.3 Å². The van der Waals surface area contributed by atoms with Gasteiger partial charge in [-0.2, -0.15) is 0 Å². The van der Waals surface area contributed by atoms with Gasteiger partial charge in [0.25, 0.3) is 0 Å². The van der Waals surface area contributed by atoms with Gasteiger partial charge in [0, 0.05) is 0 Å². The summed E-state index contributed by atoms with van der Waals surface area (Å²) in [5.41, 5.74) is 0. The molecule has 0 bridgehead atoms. The van der Waals surface area contributed by atoms with Crippen LogP contribution in [0.3, 0.4) is 0 Å². The first-order valence-corrected chi connectivity index (χ1v) is 22.6. The van der Waals surface area contributed by atoms with Gasteiger partial charge in [0.2, 0.25) is 0 Å². The van der Waals surface area contributed by atoms with Crippen LogP contribution in [-0.2, 0) is 0 Å². The van der Waals surface area contributed by atoms with E-state index in [0.29, 0.717) is 0 Å². The third kappa shape index (κ3) is 28.5. The predicted octanol–water partition coefficient (Wildman–Crippen LogP) is 14.9. The molecule has 0 aromatic heterocycles. The standard InChI is InChI=1S/C39H83P/c1-5-9-13-17-20-23-26-29-33-37-40(36-32-16-12-8-4,38-34-30-27-24-21-18-14-10-6-2)39-35-31-28-25-22-19-15-11-7-3/h40H,5-39H2,1-4H3. The van der Waals surface area contributed by atoms with Gasteiger partial charge in [-0.3, -0.25) is 0 Å². The molecule has 0 saturated carbocycles. The molecule has 0 spiro atoms. The molecule has 0 saturated heterocycles. The summed E-state index contributed by atoms with van der Waals surface area (Å²) in [5, 5.41) is 0. The number of rotatable bonds is 35. The first-order chi connectivity index (χ1) is 19.7. The summed E-state index contributed by atoms with van der Waals surface area (Å²) < 4.78 is 0. The van der Waals surface area contributed by atoms with Crippen molar-refractivity contribution in [3.8, 4) is 0 Å². The van der Waals surface area contributed by atoms with Gasteiger partial charge in [0.1, 0.15) is 0 Å². The van der Waals surface area contributed by atoms with Gasteiger partial charge in [-0.1, -0.05) is 0 Å². The van der Waals surface area contributed by atoms with Crippen molar-refractivity contribution in [2.24, 2.45) is 0 Å². The van der Waals surface area contributed by atoms with E-state index in [-0.39, 0.29) is 0 Å². The minimum atomic E-state index is -1.10. The Balaban J connectivity index is 4.67. The van der Waals surface area contributed by atoms with Crippen molar-refractivity contribution in [2.45, 2.75) is 227 Å². The summed E-state index contributed by atoms with van der Waals surface area (Å²) in [5.74, 6) is 0. The van der Waals surface area contributed by atoms with Gasteiger partial charge in [0.05, 0.1) is 0 Å². The molecule has 40 heavy (non-hydrogen) atoms. The van der Waals surface area contributed by atoms with E-state index in [4.69, 9.17) is 0 Å². The fraction of sp³-hybridized carbons (Fsp3) is 1.00. The first-order valence-electron chi connectivity index (χ1n) is 19.7. The molecule has 0 aromatic rings. The molecular weight excluding hydrogens is 499 g/mol. The van der Waals surface area contributed by atoms with Gasteiger partial charge in [-0.05, 0) is 0 Å². The third-order valence-electron chi connectivity index (χ3n) is 9.99. The van der Waals surface area contributed by atoms with Gasteiger partial charge in [-0.15, -0.1) is 0 Å². The zero-order chi connectivity index (χ0) is 29.2. The van der Waals surface area contributed by atoms with Crippen LogP contribution in [0.4, 0.5) is 0 Å². The Morgan fingerprint density at radius 2 is 0.350 bits per heavy atom. The summed E-state index contributed by atoms with van der Waals surface area (Å²) in [4.78, 5) is 0. The second kappa shape index (κ2) is 33.9. The average Bonchev–Trinajstić information content (AvgIpc) is 2.96. The Morgan fingerprint density at radius 3 is 0.550 bits per heavy atom. The fourth-order valence-electron chi connectivity index (χ4n) is 7.11. The maximum absolute atomic E-state index is 2.39. The SMILES string of the molecule is CCCCCCCCCCC[PH](CCCCCC)(CCCCCCCCCCC)CCCCCCCCCCC. The van der Waals surface area contributed by atoms with E-state index in [0.717, 1.165) is 0 Å². The molecule has 0 aliphatic carbocycles. The Kier molecular flexibility index (Phi) is 34.3. The molecule has 0 N–H and O–H groups in total. The van der Waals surface area contributed by atoms with Crippen molar-refractivity contribution >= 4 is 7.26 Å². The first kappa shape index (κ1) is 40.4. The third-order valence-corrected chi connectivity index (χ3v) is 15.6. The van der Waals surface area contributed by atoms with Crippen LogP contribution in [0.25, 0.3) is 0 Å². The molecule has 1 heteroatoms. The second-order valence-corrected chi connectivity index (χ2v) is 19.0. The molecule has 0 rings (SSSR count). The fourth-order valence-corrected chi connectivity index (χ4v) is 12.6. The average molecular weight is 583 g/mol. The molecule has 0 unspecified atom stereocenters. The molecule has 0 heterocycles. The van der Waals surface area contributed by atoms with Crippen LogP contribution in [0.1, 0.15) is 227 Å². The molecule has 0 aliphatic rings. The number of hydrogen-bond acceptors (Lipinski definition) is 0. The normalized spacial score (nSPS) is 12.4. The topological polar surface area (TPSA) is 0 Å². The summed E-state index contributed by atoms with van der Waals surface area (Å²) in [6.07, 6.45) is 52.9. The molecule has 0 radical (unpaired) electrons. The van der Waals surface area contributed by atoms with Crippen LogP contribution < -0.4 is 0 Å². The van der Waals surface area contributed by atoms with Gasteiger partial charge >= 0.3 is 259 Å². The van der Waals surface area contributed by atoms with Gasteiger partial charge in [0.15, 0.2) is 0 Å². The molecule has 244 valence electrons. The van der Waals surface area contributed by atoms with Crippen molar-refractivity contribution in [3.63, 3.8) is 0 Å². The molecular formula is C39H83P. The van der Waals surface area contributed by atoms with E-state index in [9.17, 15) is 0 Å². The van der Waals surface area contributed by atoms with Crippen LogP contribution in [0.2, 0.25) is 0 Å². The van der Waals surface area contributed by atoms with Crippen LogP contribution in [-0.4, -0.2) is 24.6 Å².